The molecule has 2 rings (SSSR count). The van der Waals surface area contributed by atoms with E-state index in [-0.39, 0.29) is 12.5 Å². The van der Waals surface area contributed by atoms with Crippen LogP contribution in [-0.4, -0.2) is 18.4 Å². The molecular formula is C11H15F2NO. The lowest BCUT2D eigenvalue weighted by Crippen LogP contribution is -2.32. The second kappa shape index (κ2) is 3.29. The Kier molecular flexibility index (Phi) is 2.32. The number of nitrogens with one attached hydrogen (secondary N) is 1. The molecule has 0 aromatic rings. The van der Waals surface area contributed by atoms with Crippen molar-refractivity contribution in [3.63, 3.8) is 0 Å². The topological polar surface area (TPSA) is 29.1 Å². The maximum absolute atomic E-state index is 13.5. The van der Waals surface area contributed by atoms with Gasteiger partial charge in [-0.25, -0.2) is 8.78 Å². The van der Waals surface area contributed by atoms with Crippen molar-refractivity contribution < 1.29 is 13.6 Å². The first kappa shape index (κ1) is 10.6. The number of hydrogen-bond donors (Lipinski definition) is 1. The summed E-state index contributed by atoms with van der Waals surface area (Å²) in [4.78, 5) is 11.0. The molecule has 0 aliphatic heterocycles. The first-order valence-corrected chi connectivity index (χ1v) is 5.33. The van der Waals surface area contributed by atoms with Gasteiger partial charge in [0.05, 0.1) is 5.41 Å². The first-order valence-electron chi connectivity index (χ1n) is 5.33. The predicted molar refractivity (Wildman–Crippen MR) is 52.5 cm³/mol. The fraction of sp³-hybridized carbons (Fsp3) is 0.727. The van der Waals surface area contributed by atoms with Gasteiger partial charge < -0.3 is 5.32 Å². The van der Waals surface area contributed by atoms with Crippen LogP contribution in [0, 0.1) is 11.3 Å². The van der Waals surface area contributed by atoms with Crippen LogP contribution in [0.15, 0.2) is 12.7 Å². The van der Waals surface area contributed by atoms with Gasteiger partial charge >= 0.3 is 0 Å². The molecule has 2 aliphatic carbocycles. The Balaban J connectivity index is 2.01. The van der Waals surface area contributed by atoms with Gasteiger partial charge in [0, 0.05) is 12.5 Å². The lowest BCUT2D eigenvalue weighted by atomic mass is 9.88. The van der Waals surface area contributed by atoms with Gasteiger partial charge in [-0.05, 0) is 18.9 Å². The Hall–Kier alpha value is -0.930. The van der Waals surface area contributed by atoms with Crippen LogP contribution in [0.25, 0.3) is 0 Å². The molecule has 4 heteroatoms. The van der Waals surface area contributed by atoms with E-state index in [1.54, 1.807) is 0 Å². The molecule has 2 aliphatic rings. The normalized spacial score (nSPS) is 36.5. The molecule has 2 unspecified atom stereocenters. The van der Waals surface area contributed by atoms with Crippen LogP contribution in [0.3, 0.4) is 0 Å². The molecule has 2 atom stereocenters. The zero-order chi connectivity index (χ0) is 11.1. The maximum atomic E-state index is 13.5. The van der Waals surface area contributed by atoms with Crippen molar-refractivity contribution in [3.8, 4) is 0 Å². The average molecular weight is 215 g/mol. The van der Waals surface area contributed by atoms with E-state index in [1.807, 2.05) is 0 Å². The number of amides is 1. The second-order valence-corrected chi connectivity index (χ2v) is 4.50. The molecule has 84 valence electrons. The zero-order valence-electron chi connectivity index (χ0n) is 8.56. The molecule has 0 aromatic carbocycles. The molecule has 0 heterocycles. The van der Waals surface area contributed by atoms with Gasteiger partial charge in [0.15, 0.2) is 0 Å². The number of carbonyl (C=O) groups excluding carboxylic acids is 1. The first-order chi connectivity index (χ1) is 7.04. The Bertz CT molecular complexity index is 303. The largest absolute Gasteiger partial charge is 0.352 e. The van der Waals surface area contributed by atoms with Crippen LogP contribution < -0.4 is 5.32 Å². The van der Waals surface area contributed by atoms with Crippen molar-refractivity contribution in [1.82, 2.24) is 5.32 Å². The van der Waals surface area contributed by atoms with E-state index < -0.39 is 17.3 Å². The van der Waals surface area contributed by atoms with E-state index in [2.05, 4.69) is 11.9 Å². The molecule has 0 bridgehead atoms. The van der Waals surface area contributed by atoms with Crippen LogP contribution in [0.5, 0.6) is 0 Å². The summed E-state index contributed by atoms with van der Waals surface area (Å²) >= 11 is 0. The van der Waals surface area contributed by atoms with E-state index in [0.29, 0.717) is 12.8 Å². The van der Waals surface area contributed by atoms with Crippen LogP contribution in [0.4, 0.5) is 8.78 Å². The lowest BCUT2D eigenvalue weighted by molar-refractivity contribution is -0.116. The minimum atomic E-state index is -2.57. The summed E-state index contributed by atoms with van der Waals surface area (Å²) in [6.45, 7) is 3.39. The number of rotatable bonds is 3. The van der Waals surface area contributed by atoms with Crippen molar-refractivity contribution in [3.05, 3.63) is 12.7 Å². The smallest absolute Gasteiger partial charge is 0.259 e. The third kappa shape index (κ3) is 1.38. The maximum Gasteiger partial charge on any atom is 0.259 e. The van der Waals surface area contributed by atoms with Crippen molar-refractivity contribution in [2.45, 2.75) is 31.6 Å². The molecule has 2 fully saturated rings. The highest BCUT2D eigenvalue weighted by molar-refractivity contribution is 5.86. The summed E-state index contributed by atoms with van der Waals surface area (Å²) in [5.41, 5.74) is -0.941. The van der Waals surface area contributed by atoms with E-state index in [1.165, 1.54) is 0 Å². The summed E-state index contributed by atoms with van der Waals surface area (Å²) in [5, 5.41) is 2.50. The summed E-state index contributed by atoms with van der Waals surface area (Å²) in [6, 6.07) is 0. The van der Waals surface area contributed by atoms with Gasteiger partial charge in [-0.15, -0.1) is 0 Å². The Morgan fingerprint density at radius 1 is 1.53 bits per heavy atom. The van der Waals surface area contributed by atoms with Gasteiger partial charge in [-0.1, -0.05) is 19.4 Å². The van der Waals surface area contributed by atoms with Crippen molar-refractivity contribution in [2.24, 2.45) is 11.3 Å². The molecule has 15 heavy (non-hydrogen) atoms. The molecule has 1 N–H and O–H groups in total. The van der Waals surface area contributed by atoms with Gasteiger partial charge in [0.2, 0.25) is 5.91 Å². The van der Waals surface area contributed by atoms with Crippen molar-refractivity contribution in [2.75, 3.05) is 6.54 Å². The van der Waals surface area contributed by atoms with Crippen molar-refractivity contribution >= 4 is 5.91 Å². The molecule has 0 saturated heterocycles. The van der Waals surface area contributed by atoms with Crippen LogP contribution in [-0.2, 0) is 4.79 Å². The number of halogens is 2. The zero-order valence-corrected chi connectivity index (χ0v) is 8.56. The summed E-state index contributed by atoms with van der Waals surface area (Å²) < 4.78 is 27.1. The van der Waals surface area contributed by atoms with Gasteiger partial charge in [0.1, 0.15) is 0 Å². The van der Waals surface area contributed by atoms with Crippen LogP contribution in [0.2, 0.25) is 0 Å². The van der Waals surface area contributed by atoms with Gasteiger partial charge in [-0.3, -0.25) is 4.79 Å². The minimum Gasteiger partial charge on any atom is -0.352 e. The summed E-state index contributed by atoms with van der Waals surface area (Å²) in [6.07, 6.45) is 3.97. The van der Waals surface area contributed by atoms with Gasteiger partial charge in [0.25, 0.3) is 5.92 Å². The van der Waals surface area contributed by atoms with E-state index in [9.17, 15) is 13.6 Å². The molecule has 2 nitrogen and oxygen atoms in total. The Morgan fingerprint density at radius 2 is 2.27 bits per heavy atom. The highest BCUT2D eigenvalue weighted by Crippen LogP contribution is 2.71. The molecule has 0 radical (unpaired) electrons. The number of carbonyl (C=O) groups is 1. The van der Waals surface area contributed by atoms with E-state index in [4.69, 9.17) is 0 Å². The lowest BCUT2D eigenvalue weighted by Gasteiger charge is -2.20. The average Bonchev–Trinajstić information content (AvgIpc) is 2.74. The van der Waals surface area contributed by atoms with Gasteiger partial charge in [-0.2, -0.15) is 0 Å². The van der Waals surface area contributed by atoms with Crippen molar-refractivity contribution in [1.29, 1.82) is 0 Å². The molecular weight excluding hydrogens is 200 g/mol. The molecule has 0 spiro atoms. The number of fused-ring (bicyclic) bond motifs is 1. The fourth-order valence-electron chi connectivity index (χ4n) is 2.83. The molecule has 1 amide bonds. The number of hydrogen-bond acceptors (Lipinski definition) is 1. The summed E-state index contributed by atoms with van der Waals surface area (Å²) in [7, 11) is 0. The highest BCUT2D eigenvalue weighted by atomic mass is 19.3. The third-order valence-corrected chi connectivity index (χ3v) is 3.81. The monoisotopic (exact) mass is 215 g/mol. The Morgan fingerprint density at radius 3 is 2.87 bits per heavy atom. The van der Waals surface area contributed by atoms with Crippen LogP contribution >= 0.6 is 0 Å². The van der Waals surface area contributed by atoms with Crippen LogP contribution in [0.1, 0.15) is 25.7 Å². The summed E-state index contributed by atoms with van der Waals surface area (Å²) in [5.74, 6) is -3.45. The highest BCUT2D eigenvalue weighted by Gasteiger charge is 2.79. The predicted octanol–water partition coefficient (Wildman–Crippen LogP) is 2.11. The van der Waals surface area contributed by atoms with E-state index in [0.717, 1.165) is 18.9 Å². The quantitative estimate of drug-likeness (QED) is 0.718. The fourth-order valence-corrected chi connectivity index (χ4v) is 2.83. The van der Waals surface area contributed by atoms with E-state index >= 15 is 0 Å². The molecule has 2 saturated carbocycles. The minimum absolute atomic E-state index is 0.0928. The standard InChI is InChI=1S/C11H15F2NO/c1-2-9(15)14-7-10-6-4-3-5-8(10)11(10,12)13/h2,8H,1,3-7H2,(H,14,15). The Labute approximate surface area is 87.7 Å². The molecule has 0 aromatic heterocycles. The number of alkyl halides is 2. The third-order valence-electron chi connectivity index (χ3n) is 3.81. The second-order valence-electron chi connectivity index (χ2n) is 4.50. The SMILES string of the molecule is C=CC(=O)NCC12CCCCC1C2(F)F.